The third-order valence-electron chi connectivity index (χ3n) is 2.21. The normalized spacial score (nSPS) is 11.2. The maximum absolute atomic E-state index is 12.2. The van der Waals surface area contributed by atoms with E-state index in [0.717, 1.165) is 0 Å². The topological polar surface area (TPSA) is 54.9 Å². The number of carbonyl (C=O) groups is 1. The predicted octanol–water partition coefficient (Wildman–Crippen LogP) is 3.99. The molecule has 0 fully saturated rings. The van der Waals surface area contributed by atoms with Gasteiger partial charge in [0.05, 0.1) is 0 Å². The highest BCUT2D eigenvalue weighted by atomic mass is 35.5. The number of hydrogen-bond acceptors (Lipinski definition) is 4. The molecule has 2 aromatic rings. The van der Waals surface area contributed by atoms with Crippen molar-refractivity contribution < 1.29 is 18.0 Å². The van der Waals surface area contributed by atoms with Gasteiger partial charge in [-0.3, -0.25) is 4.79 Å². The molecule has 0 radical (unpaired) electrons. The molecule has 110 valence electrons. The molecule has 21 heavy (non-hydrogen) atoms. The van der Waals surface area contributed by atoms with Gasteiger partial charge in [0.2, 0.25) is 0 Å². The Labute approximate surface area is 126 Å². The summed E-state index contributed by atoms with van der Waals surface area (Å²) in [7, 11) is 0. The van der Waals surface area contributed by atoms with Gasteiger partial charge in [0.1, 0.15) is 0 Å². The van der Waals surface area contributed by atoms with Gasteiger partial charge in [-0.05, 0) is 48.2 Å². The summed E-state index contributed by atoms with van der Waals surface area (Å²) in [5.41, 5.74) is -3.94. The van der Waals surface area contributed by atoms with Crippen LogP contribution in [0.4, 0.5) is 18.9 Å². The van der Waals surface area contributed by atoms with Crippen molar-refractivity contribution in [3.05, 3.63) is 47.2 Å². The lowest BCUT2D eigenvalue weighted by atomic mass is 10.3. The molecular formula is C12H7ClF3N3OS. The Morgan fingerprint density at radius 3 is 2.29 bits per heavy atom. The van der Waals surface area contributed by atoms with Gasteiger partial charge in [0.25, 0.3) is 5.91 Å². The van der Waals surface area contributed by atoms with Gasteiger partial charge in [0, 0.05) is 10.6 Å². The number of nitrogens with zero attached hydrogens (tertiary/aromatic N) is 2. The van der Waals surface area contributed by atoms with Crippen LogP contribution in [0.15, 0.2) is 41.3 Å². The average Bonchev–Trinajstić information content (AvgIpc) is 2.40. The first-order valence-electron chi connectivity index (χ1n) is 5.50. The van der Waals surface area contributed by atoms with E-state index in [4.69, 9.17) is 11.6 Å². The molecule has 0 atom stereocenters. The van der Waals surface area contributed by atoms with E-state index in [9.17, 15) is 18.0 Å². The molecule has 1 amide bonds. The largest absolute Gasteiger partial charge is 0.446 e. The highest BCUT2D eigenvalue weighted by Gasteiger charge is 2.29. The van der Waals surface area contributed by atoms with E-state index in [1.807, 2.05) is 0 Å². The van der Waals surface area contributed by atoms with E-state index in [2.05, 4.69) is 15.5 Å². The van der Waals surface area contributed by atoms with Crippen LogP contribution in [0, 0.1) is 0 Å². The highest BCUT2D eigenvalue weighted by molar-refractivity contribution is 8.00. The van der Waals surface area contributed by atoms with Crippen LogP contribution in [0.3, 0.4) is 0 Å². The number of nitrogens with one attached hydrogen (secondary N) is 1. The van der Waals surface area contributed by atoms with Crippen molar-refractivity contribution in [1.29, 1.82) is 0 Å². The van der Waals surface area contributed by atoms with E-state index in [1.54, 1.807) is 0 Å². The van der Waals surface area contributed by atoms with Crippen molar-refractivity contribution in [2.75, 3.05) is 5.32 Å². The second-order valence-corrected chi connectivity index (χ2v) is 5.29. The van der Waals surface area contributed by atoms with E-state index >= 15 is 0 Å². The average molecular weight is 334 g/mol. The van der Waals surface area contributed by atoms with Crippen LogP contribution in [-0.4, -0.2) is 21.6 Å². The zero-order valence-corrected chi connectivity index (χ0v) is 11.8. The lowest BCUT2D eigenvalue weighted by molar-refractivity contribution is -0.0328. The summed E-state index contributed by atoms with van der Waals surface area (Å²) in [6.45, 7) is 0. The summed E-state index contributed by atoms with van der Waals surface area (Å²) < 4.78 is 36.5. The zero-order valence-electron chi connectivity index (χ0n) is 10.2. The molecule has 1 aromatic heterocycles. The standard InChI is InChI=1S/C12H7ClF3N3OS/c13-10-6-5-9(18-19-10)11(20)17-7-1-3-8(4-2-7)21-12(14,15)16/h1-6H,(H,17,20). The number of halogens is 4. The molecule has 4 nitrogen and oxygen atoms in total. The molecule has 0 spiro atoms. The molecule has 0 saturated carbocycles. The summed E-state index contributed by atoms with van der Waals surface area (Å²) in [6, 6.07) is 8.07. The smallest absolute Gasteiger partial charge is 0.321 e. The number of amides is 1. The monoisotopic (exact) mass is 333 g/mol. The molecule has 0 aliphatic carbocycles. The highest BCUT2D eigenvalue weighted by Crippen LogP contribution is 2.37. The van der Waals surface area contributed by atoms with Gasteiger partial charge in [0.15, 0.2) is 10.8 Å². The van der Waals surface area contributed by atoms with E-state index in [0.29, 0.717) is 5.69 Å². The lowest BCUT2D eigenvalue weighted by Gasteiger charge is -2.07. The summed E-state index contributed by atoms with van der Waals surface area (Å²) in [6.07, 6.45) is 0. The van der Waals surface area contributed by atoms with Crippen LogP contribution in [0.5, 0.6) is 0 Å². The Hall–Kier alpha value is -1.80. The second-order valence-electron chi connectivity index (χ2n) is 3.77. The fraction of sp³-hybridized carbons (Fsp3) is 0.0833. The minimum Gasteiger partial charge on any atom is -0.321 e. The molecule has 2 rings (SSSR count). The Kier molecular flexibility index (Phi) is 4.69. The van der Waals surface area contributed by atoms with Crippen LogP contribution >= 0.6 is 23.4 Å². The predicted molar refractivity (Wildman–Crippen MR) is 73.3 cm³/mol. The maximum atomic E-state index is 12.2. The minimum atomic E-state index is -4.34. The number of thioether (sulfide) groups is 1. The van der Waals surface area contributed by atoms with Gasteiger partial charge in [-0.2, -0.15) is 13.2 Å². The van der Waals surface area contributed by atoms with E-state index < -0.39 is 11.4 Å². The number of alkyl halides is 3. The number of aromatic nitrogens is 2. The zero-order chi connectivity index (χ0) is 15.5. The minimum absolute atomic E-state index is 0.0341. The van der Waals surface area contributed by atoms with Crippen LogP contribution in [0.25, 0.3) is 0 Å². The molecule has 1 N–H and O–H groups in total. The number of hydrogen-bond donors (Lipinski definition) is 1. The van der Waals surface area contributed by atoms with Gasteiger partial charge in [-0.15, -0.1) is 10.2 Å². The number of benzene rings is 1. The molecule has 0 saturated heterocycles. The Morgan fingerprint density at radius 2 is 1.76 bits per heavy atom. The molecule has 0 aliphatic rings. The number of rotatable bonds is 3. The first-order chi connectivity index (χ1) is 9.83. The molecular weight excluding hydrogens is 327 g/mol. The molecule has 1 heterocycles. The maximum Gasteiger partial charge on any atom is 0.446 e. The second kappa shape index (κ2) is 6.31. The van der Waals surface area contributed by atoms with Crippen molar-refractivity contribution in [3.63, 3.8) is 0 Å². The summed E-state index contributed by atoms with van der Waals surface area (Å²) in [5.74, 6) is -0.532. The van der Waals surface area contributed by atoms with Gasteiger partial charge >= 0.3 is 5.51 Å². The molecule has 1 aromatic carbocycles. The summed E-state index contributed by atoms with van der Waals surface area (Å²) >= 11 is 5.32. The van der Waals surface area contributed by atoms with Crippen molar-refractivity contribution in [1.82, 2.24) is 10.2 Å². The Balaban J connectivity index is 2.03. The SMILES string of the molecule is O=C(Nc1ccc(SC(F)(F)F)cc1)c1ccc(Cl)nn1. The lowest BCUT2D eigenvalue weighted by Crippen LogP contribution is -2.14. The van der Waals surface area contributed by atoms with Crippen molar-refractivity contribution in [3.8, 4) is 0 Å². The number of carbonyl (C=O) groups excluding carboxylic acids is 1. The third-order valence-corrected chi connectivity index (χ3v) is 3.15. The van der Waals surface area contributed by atoms with Gasteiger partial charge in [-0.25, -0.2) is 0 Å². The van der Waals surface area contributed by atoms with E-state index in [-0.39, 0.29) is 27.5 Å². The van der Waals surface area contributed by atoms with Gasteiger partial charge < -0.3 is 5.32 Å². The quantitative estimate of drug-likeness (QED) is 0.863. The van der Waals surface area contributed by atoms with Crippen LogP contribution in [-0.2, 0) is 0 Å². The van der Waals surface area contributed by atoms with Crippen LogP contribution in [0.2, 0.25) is 5.15 Å². The van der Waals surface area contributed by atoms with Crippen molar-refractivity contribution in [2.45, 2.75) is 10.4 Å². The van der Waals surface area contributed by atoms with Gasteiger partial charge in [-0.1, -0.05) is 11.6 Å². The Bertz CT molecular complexity index is 632. The first-order valence-corrected chi connectivity index (χ1v) is 6.69. The molecule has 0 aliphatic heterocycles. The third kappa shape index (κ3) is 4.91. The summed E-state index contributed by atoms with van der Waals surface area (Å²) in [4.78, 5) is 11.8. The first kappa shape index (κ1) is 15.6. The summed E-state index contributed by atoms with van der Waals surface area (Å²) in [5, 5.41) is 9.76. The van der Waals surface area contributed by atoms with Crippen molar-refractivity contribution in [2.24, 2.45) is 0 Å². The molecule has 0 unspecified atom stereocenters. The molecule has 0 bridgehead atoms. The van der Waals surface area contributed by atoms with Crippen LogP contribution in [0.1, 0.15) is 10.5 Å². The van der Waals surface area contributed by atoms with E-state index in [1.165, 1.54) is 36.4 Å². The Morgan fingerprint density at radius 1 is 1.10 bits per heavy atom. The van der Waals surface area contributed by atoms with Crippen molar-refractivity contribution >= 4 is 35.0 Å². The number of anilines is 1. The fourth-order valence-corrected chi connectivity index (χ4v) is 2.01. The molecule has 9 heteroatoms. The van der Waals surface area contributed by atoms with Crippen LogP contribution < -0.4 is 5.32 Å². The fourth-order valence-electron chi connectivity index (χ4n) is 1.37.